The molecule has 0 bridgehead atoms. The molecule has 4 rings (SSSR count). The van der Waals surface area contributed by atoms with Gasteiger partial charge in [-0.3, -0.25) is 0 Å². The zero-order valence-electron chi connectivity index (χ0n) is 16.1. The predicted molar refractivity (Wildman–Crippen MR) is 118 cm³/mol. The maximum absolute atomic E-state index is 13.6. The molecule has 1 aliphatic carbocycles. The van der Waals surface area contributed by atoms with Crippen LogP contribution in [0.3, 0.4) is 0 Å². The Labute approximate surface area is 179 Å². The topological polar surface area (TPSA) is 64.3 Å². The molecule has 0 saturated heterocycles. The molecule has 0 heterocycles. The van der Waals surface area contributed by atoms with Crippen LogP contribution in [-0.2, 0) is 4.74 Å². The Bertz CT molecular complexity index is 1080. The Morgan fingerprint density at radius 3 is 2.40 bits per heavy atom. The molecule has 0 radical (unpaired) electrons. The van der Waals surface area contributed by atoms with Gasteiger partial charge in [0.25, 0.3) is 0 Å². The maximum atomic E-state index is 13.6. The molecular weight excluding hydrogens is 403 g/mol. The first kappa shape index (κ1) is 20.0. The first-order valence-corrected chi connectivity index (χ1v) is 9.92. The molecule has 1 amide bonds. The molecule has 1 aliphatic rings. The predicted octanol–water partition coefficient (Wildman–Crippen LogP) is 5.61. The van der Waals surface area contributed by atoms with Crippen molar-refractivity contribution in [3.63, 3.8) is 0 Å². The molecule has 0 aliphatic heterocycles. The minimum atomic E-state index is -0.577. The lowest BCUT2D eigenvalue weighted by Crippen LogP contribution is -2.26. The maximum Gasteiger partial charge on any atom is 0.407 e. The highest BCUT2D eigenvalue weighted by Gasteiger charge is 2.28. The fourth-order valence-corrected chi connectivity index (χ4v) is 3.93. The number of nitrogens with one attached hydrogen (secondary N) is 1. The van der Waals surface area contributed by atoms with Crippen LogP contribution in [0.2, 0.25) is 5.02 Å². The fourth-order valence-electron chi connectivity index (χ4n) is 3.72. The first-order chi connectivity index (χ1) is 14.5. The van der Waals surface area contributed by atoms with E-state index in [1.807, 2.05) is 24.3 Å². The number of fused-ring (bicyclic) bond motifs is 3. The summed E-state index contributed by atoms with van der Waals surface area (Å²) in [7, 11) is 0. The first-order valence-electron chi connectivity index (χ1n) is 9.54. The van der Waals surface area contributed by atoms with Crippen LogP contribution < -0.4 is 11.1 Å². The van der Waals surface area contributed by atoms with E-state index in [4.69, 9.17) is 22.1 Å². The average Bonchev–Trinajstić information content (AvgIpc) is 3.07. The Hall–Kier alpha value is -3.31. The summed E-state index contributed by atoms with van der Waals surface area (Å²) in [6.45, 7) is 0.459. The SMILES string of the molecule is Nc1c(F)cc(Cl)cc1C=CCNC(=O)OCC1c2ccccc2-c2ccccc21. The second-order valence-electron chi connectivity index (χ2n) is 7.00. The second kappa shape index (κ2) is 8.59. The number of carbonyl (C=O) groups is 1. The van der Waals surface area contributed by atoms with Crippen molar-refractivity contribution in [3.8, 4) is 11.1 Å². The van der Waals surface area contributed by atoms with Gasteiger partial charge in [0.15, 0.2) is 0 Å². The van der Waals surface area contributed by atoms with Crippen molar-refractivity contribution in [2.24, 2.45) is 0 Å². The Balaban J connectivity index is 1.35. The van der Waals surface area contributed by atoms with E-state index in [0.717, 1.165) is 17.2 Å². The number of hydrogen-bond donors (Lipinski definition) is 2. The summed E-state index contributed by atoms with van der Waals surface area (Å²) in [6, 6.07) is 19.0. The monoisotopic (exact) mass is 422 g/mol. The van der Waals surface area contributed by atoms with Crippen molar-refractivity contribution in [2.45, 2.75) is 5.92 Å². The van der Waals surface area contributed by atoms with E-state index in [1.165, 1.54) is 11.1 Å². The van der Waals surface area contributed by atoms with E-state index >= 15 is 0 Å². The molecule has 3 N–H and O–H groups in total. The van der Waals surface area contributed by atoms with Crippen LogP contribution in [0.5, 0.6) is 0 Å². The third-order valence-electron chi connectivity index (χ3n) is 5.13. The zero-order chi connectivity index (χ0) is 21.1. The smallest absolute Gasteiger partial charge is 0.407 e. The van der Waals surface area contributed by atoms with Gasteiger partial charge >= 0.3 is 6.09 Å². The third kappa shape index (κ3) is 4.02. The van der Waals surface area contributed by atoms with Gasteiger partial charge in [0.05, 0.1) is 5.69 Å². The van der Waals surface area contributed by atoms with E-state index < -0.39 is 11.9 Å². The van der Waals surface area contributed by atoms with Gasteiger partial charge in [0.1, 0.15) is 12.4 Å². The molecule has 4 nitrogen and oxygen atoms in total. The number of ether oxygens (including phenoxy) is 1. The number of nitrogen functional groups attached to an aromatic ring is 1. The van der Waals surface area contributed by atoms with Crippen LogP contribution in [0.25, 0.3) is 17.2 Å². The molecule has 0 aromatic heterocycles. The summed E-state index contributed by atoms with van der Waals surface area (Å²) in [4.78, 5) is 12.1. The zero-order valence-corrected chi connectivity index (χ0v) is 16.8. The van der Waals surface area contributed by atoms with Crippen molar-refractivity contribution in [1.29, 1.82) is 0 Å². The molecule has 0 fully saturated rings. The number of alkyl carbamates (subject to hydrolysis) is 1. The lowest BCUT2D eigenvalue weighted by Gasteiger charge is -2.14. The van der Waals surface area contributed by atoms with Gasteiger partial charge < -0.3 is 15.8 Å². The molecular formula is C24H20ClFN2O2. The van der Waals surface area contributed by atoms with Crippen LogP contribution in [0.15, 0.2) is 66.7 Å². The summed E-state index contributed by atoms with van der Waals surface area (Å²) in [5.74, 6) is -0.570. The minimum absolute atomic E-state index is 0.00734. The van der Waals surface area contributed by atoms with Crippen molar-refractivity contribution < 1.29 is 13.9 Å². The standard InChI is InChI=1S/C24H20ClFN2O2/c25-16-12-15(23(27)22(26)13-16)6-5-11-28-24(29)30-14-21-19-9-3-1-7-17(19)18-8-2-4-10-20(18)21/h1-10,12-13,21H,11,14,27H2,(H,28,29). The van der Waals surface area contributed by atoms with E-state index in [2.05, 4.69) is 29.6 Å². The third-order valence-corrected chi connectivity index (χ3v) is 5.35. The summed E-state index contributed by atoms with van der Waals surface area (Å²) in [6.07, 6.45) is 2.74. The Morgan fingerprint density at radius 1 is 1.10 bits per heavy atom. The van der Waals surface area contributed by atoms with E-state index in [9.17, 15) is 9.18 Å². The van der Waals surface area contributed by atoms with Gasteiger partial charge in [0, 0.05) is 23.0 Å². The van der Waals surface area contributed by atoms with Crippen molar-refractivity contribution in [3.05, 3.63) is 94.3 Å². The molecule has 152 valence electrons. The van der Waals surface area contributed by atoms with Gasteiger partial charge in [0.2, 0.25) is 0 Å². The number of rotatable bonds is 5. The van der Waals surface area contributed by atoms with Crippen molar-refractivity contribution >= 4 is 29.5 Å². The fraction of sp³-hybridized carbons (Fsp3) is 0.125. The Kier molecular flexibility index (Phi) is 5.72. The normalized spacial score (nSPS) is 12.6. The summed E-state index contributed by atoms with van der Waals surface area (Å²) < 4.78 is 19.1. The van der Waals surface area contributed by atoms with Crippen molar-refractivity contribution in [1.82, 2.24) is 5.32 Å². The number of nitrogens with two attached hydrogens (primary N) is 1. The van der Waals surface area contributed by atoms with Gasteiger partial charge in [-0.05, 0) is 34.4 Å². The molecule has 30 heavy (non-hydrogen) atoms. The van der Waals surface area contributed by atoms with E-state index in [-0.39, 0.29) is 29.8 Å². The molecule has 0 atom stereocenters. The quantitative estimate of drug-likeness (QED) is 0.525. The lowest BCUT2D eigenvalue weighted by atomic mass is 9.98. The molecule has 6 heteroatoms. The van der Waals surface area contributed by atoms with Crippen LogP contribution in [0.4, 0.5) is 14.9 Å². The molecule has 0 spiro atoms. The van der Waals surface area contributed by atoms with Gasteiger partial charge in [-0.2, -0.15) is 0 Å². The minimum Gasteiger partial charge on any atom is -0.449 e. The van der Waals surface area contributed by atoms with E-state index in [1.54, 1.807) is 18.2 Å². The Morgan fingerprint density at radius 2 is 1.73 bits per heavy atom. The van der Waals surface area contributed by atoms with Gasteiger partial charge in [-0.15, -0.1) is 0 Å². The average molecular weight is 423 g/mol. The highest BCUT2D eigenvalue weighted by molar-refractivity contribution is 6.30. The summed E-state index contributed by atoms with van der Waals surface area (Å²) in [5.41, 5.74) is 10.8. The van der Waals surface area contributed by atoms with Crippen LogP contribution in [0, 0.1) is 5.82 Å². The number of carbonyl (C=O) groups excluding carboxylic acids is 1. The highest BCUT2D eigenvalue weighted by atomic mass is 35.5. The number of halogens is 2. The number of benzene rings is 3. The molecule has 0 saturated carbocycles. The number of amides is 1. The second-order valence-corrected chi connectivity index (χ2v) is 7.44. The van der Waals surface area contributed by atoms with Crippen LogP contribution >= 0.6 is 11.6 Å². The number of anilines is 1. The number of hydrogen-bond acceptors (Lipinski definition) is 3. The molecule has 0 unspecified atom stereocenters. The van der Waals surface area contributed by atoms with Crippen LogP contribution in [-0.4, -0.2) is 19.2 Å². The van der Waals surface area contributed by atoms with Crippen LogP contribution in [0.1, 0.15) is 22.6 Å². The highest BCUT2D eigenvalue weighted by Crippen LogP contribution is 2.44. The molecule has 3 aromatic carbocycles. The largest absolute Gasteiger partial charge is 0.449 e. The van der Waals surface area contributed by atoms with Gasteiger partial charge in [-0.25, -0.2) is 9.18 Å². The van der Waals surface area contributed by atoms with E-state index in [0.29, 0.717) is 5.56 Å². The summed E-state index contributed by atoms with van der Waals surface area (Å²) in [5, 5.41) is 2.91. The summed E-state index contributed by atoms with van der Waals surface area (Å²) >= 11 is 5.84. The molecule has 3 aromatic rings. The van der Waals surface area contributed by atoms with Gasteiger partial charge in [-0.1, -0.05) is 72.3 Å². The lowest BCUT2D eigenvalue weighted by molar-refractivity contribution is 0.144. The van der Waals surface area contributed by atoms with Crippen molar-refractivity contribution in [2.75, 3.05) is 18.9 Å².